The molecule has 2 N–H and O–H groups in total. The van der Waals surface area contributed by atoms with Crippen LogP contribution in [0.1, 0.15) is 32.1 Å². The lowest BCUT2D eigenvalue weighted by atomic mass is 9.88. The minimum Gasteiger partial charge on any atom is -0.381 e. The first-order valence-electron chi connectivity index (χ1n) is 6.94. The molecule has 4 unspecified atom stereocenters. The summed E-state index contributed by atoms with van der Waals surface area (Å²) >= 11 is 0. The molecule has 3 saturated heterocycles. The maximum Gasteiger partial charge on any atom is 0.224 e. The van der Waals surface area contributed by atoms with Gasteiger partial charge in [-0.25, -0.2) is 0 Å². The molecule has 0 aromatic carbocycles. The second kappa shape index (κ2) is 4.94. The van der Waals surface area contributed by atoms with Gasteiger partial charge in [0.05, 0.1) is 12.5 Å². The van der Waals surface area contributed by atoms with Gasteiger partial charge in [-0.2, -0.15) is 0 Å². The normalized spacial score (nSPS) is 40.5. The highest BCUT2D eigenvalue weighted by Gasteiger charge is 2.42. The van der Waals surface area contributed by atoms with Gasteiger partial charge in [0.15, 0.2) is 0 Å². The molecular weight excluding hydrogens is 216 g/mol. The van der Waals surface area contributed by atoms with Gasteiger partial charge in [-0.05, 0) is 38.0 Å². The smallest absolute Gasteiger partial charge is 0.224 e. The quantitative estimate of drug-likeness (QED) is 0.760. The molecule has 0 aromatic heterocycles. The monoisotopic (exact) mass is 238 g/mol. The third-order valence-corrected chi connectivity index (χ3v) is 4.46. The van der Waals surface area contributed by atoms with Crippen molar-refractivity contribution < 1.29 is 9.53 Å². The Morgan fingerprint density at radius 3 is 2.94 bits per heavy atom. The molecule has 4 nitrogen and oxygen atoms in total. The molecule has 1 amide bonds. The number of carbonyl (C=O) groups excluding carboxylic acids is 1. The van der Waals surface area contributed by atoms with Gasteiger partial charge in [-0.15, -0.1) is 0 Å². The number of carbonyl (C=O) groups is 1. The first-order chi connectivity index (χ1) is 8.33. The number of amides is 1. The fraction of sp³-hybridized carbons (Fsp3) is 0.923. The molecule has 3 aliphatic rings. The van der Waals surface area contributed by atoms with Gasteiger partial charge in [0.1, 0.15) is 0 Å². The fourth-order valence-electron chi connectivity index (χ4n) is 3.46. The van der Waals surface area contributed by atoms with Crippen molar-refractivity contribution in [3.05, 3.63) is 0 Å². The highest BCUT2D eigenvalue weighted by molar-refractivity contribution is 5.80. The van der Waals surface area contributed by atoms with Crippen LogP contribution in [0.15, 0.2) is 0 Å². The molecule has 3 heterocycles. The zero-order valence-electron chi connectivity index (χ0n) is 10.3. The molecule has 96 valence electrons. The molecule has 0 saturated carbocycles. The lowest BCUT2D eigenvalue weighted by molar-refractivity contribution is -0.125. The number of rotatable bonds is 3. The van der Waals surface area contributed by atoms with Crippen molar-refractivity contribution in [1.29, 1.82) is 0 Å². The largest absolute Gasteiger partial charge is 0.381 e. The third-order valence-electron chi connectivity index (χ3n) is 4.46. The molecule has 0 radical (unpaired) electrons. The SMILES string of the molecule is O=C(NCC1CCCOC1)C1CC2CCC1N2. The average Bonchev–Trinajstić information content (AvgIpc) is 2.99. The Labute approximate surface area is 102 Å². The minimum absolute atomic E-state index is 0.221. The van der Waals surface area contributed by atoms with E-state index in [0.717, 1.165) is 32.6 Å². The van der Waals surface area contributed by atoms with E-state index in [-0.39, 0.29) is 11.8 Å². The van der Waals surface area contributed by atoms with Crippen LogP contribution in [0.25, 0.3) is 0 Å². The Balaban J connectivity index is 1.44. The summed E-state index contributed by atoms with van der Waals surface area (Å²) in [5, 5.41) is 6.63. The number of nitrogens with one attached hydrogen (secondary N) is 2. The topological polar surface area (TPSA) is 50.4 Å². The summed E-state index contributed by atoms with van der Waals surface area (Å²) in [6.07, 6.45) is 5.79. The molecule has 4 atom stereocenters. The van der Waals surface area contributed by atoms with Crippen LogP contribution in [0.5, 0.6) is 0 Å². The summed E-state index contributed by atoms with van der Waals surface area (Å²) in [4.78, 5) is 12.1. The van der Waals surface area contributed by atoms with Crippen LogP contribution < -0.4 is 10.6 Å². The highest BCUT2D eigenvalue weighted by atomic mass is 16.5. The van der Waals surface area contributed by atoms with Gasteiger partial charge in [0.2, 0.25) is 5.91 Å². The molecule has 4 heteroatoms. The van der Waals surface area contributed by atoms with E-state index >= 15 is 0 Å². The van der Waals surface area contributed by atoms with Gasteiger partial charge in [0.25, 0.3) is 0 Å². The third kappa shape index (κ3) is 2.47. The van der Waals surface area contributed by atoms with E-state index in [1.165, 1.54) is 19.3 Å². The molecule has 0 aromatic rings. The van der Waals surface area contributed by atoms with Gasteiger partial charge >= 0.3 is 0 Å². The molecule has 3 aliphatic heterocycles. The first-order valence-corrected chi connectivity index (χ1v) is 6.94. The van der Waals surface area contributed by atoms with E-state index in [1.807, 2.05) is 0 Å². The standard InChI is InChI=1S/C13H22N2O2/c16-13(11-6-10-3-4-12(11)15-10)14-7-9-2-1-5-17-8-9/h9-12,15H,1-8H2,(H,14,16). The van der Waals surface area contributed by atoms with Crippen molar-refractivity contribution in [3.63, 3.8) is 0 Å². The predicted octanol–water partition coefficient (Wildman–Crippen LogP) is 0.670. The second-order valence-corrected chi connectivity index (χ2v) is 5.72. The lowest BCUT2D eigenvalue weighted by Crippen LogP contribution is -2.40. The molecule has 3 fully saturated rings. The first kappa shape index (κ1) is 11.5. The number of ether oxygens (including phenoxy) is 1. The Hall–Kier alpha value is -0.610. The van der Waals surface area contributed by atoms with Gasteiger partial charge in [-0.1, -0.05) is 0 Å². The number of fused-ring (bicyclic) bond motifs is 2. The Morgan fingerprint density at radius 1 is 1.35 bits per heavy atom. The summed E-state index contributed by atoms with van der Waals surface area (Å²) in [6.45, 7) is 2.50. The van der Waals surface area contributed by atoms with E-state index in [1.54, 1.807) is 0 Å². The maximum absolute atomic E-state index is 12.1. The average molecular weight is 238 g/mol. The predicted molar refractivity (Wildman–Crippen MR) is 64.6 cm³/mol. The molecule has 17 heavy (non-hydrogen) atoms. The fourth-order valence-corrected chi connectivity index (χ4v) is 3.46. The van der Waals surface area contributed by atoms with E-state index < -0.39 is 0 Å². The maximum atomic E-state index is 12.1. The summed E-state index contributed by atoms with van der Waals surface area (Å²) in [6, 6.07) is 1.05. The van der Waals surface area contributed by atoms with Crippen LogP contribution in [-0.4, -0.2) is 37.7 Å². The Bertz CT molecular complexity index is 289. The van der Waals surface area contributed by atoms with Crippen molar-refractivity contribution in [1.82, 2.24) is 10.6 Å². The second-order valence-electron chi connectivity index (χ2n) is 5.72. The molecule has 2 bridgehead atoms. The lowest BCUT2D eigenvalue weighted by Gasteiger charge is -2.24. The summed E-state index contributed by atoms with van der Waals surface area (Å²) in [7, 11) is 0. The molecule has 3 rings (SSSR count). The van der Waals surface area contributed by atoms with E-state index in [9.17, 15) is 4.79 Å². The Morgan fingerprint density at radius 2 is 2.29 bits per heavy atom. The van der Waals surface area contributed by atoms with Gasteiger partial charge in [0, 0.05) is 25.2 Å². The molecule has 0 aliphatic carbocycles. The van der Waals surface area contributed by atoms with Crippen LogP contribution in [0.3, 0.4) is 0 Å². The van der Waals surface area contributed by atoms with Crippen LogP contribution >= 0.6 is 0 Å². The van der Waals surface area contributed by atoms with E-state index in [4.69, 9.17) is 4.74 Å². The van der Waals surface area contributed by atoms with Crippen LogP contribution in [0.4, 0.5) is 0 Å². The van der Waals surface area contributed by atoms with Crippen molar-refractivity contribution in [2.45, 2.75) is 44.2 Å². The number of hydrogen-bond donors (Lipinski definition) is 2. The summed E-state index contributed by atoms with van der Waals surface area (Å²) < 4.78 is 5.43. The van der Waals surface area contributed by atoms with Crippen molar-refractivity contribution in [2.24, 2.45) is 11.8 Å². The summed E-state index contributed by atoms with van der Waals surface area (Å²) in [5.74, 6) is 1.01. The molecule has 0 spiro atoms. The summed E-state index contributed by atoms with van der Waals surface area (Å²) in [5.41, 5.74) is 0. The highest BCUT2D eigenvalue weighted by Crippen LogP contribution is 2.33. The minimum atomic E-state index is 0.221. The molecular formula is C13H22N2O2. The van der Waals surface area contributed by atoms with E-state index in [0.29, 0.717) is 18.0 Å². The Kier molecular flexibility index (Phi) is 3.34. The van der Waals surface area contributed by atoms with Crippen molar-refractivity contribution >= 4 is 5.91 Å². The van der Waals surface area contributed by atoms with Gasteiger partial charge < -0.3 is 15.4 Å². The van der Waals surface area contributed by atoms with Crippen molar-refractivity contribution in [2.75, 3.05) is 19.8 Å². The number of hydrogen-bond acceptors (Lipinski definition) is 3. The van der Waals surface area contributed by atoms with Crippen molar-refractivity contribution in [3.8, 4) is 0 Å². The zero-order chi connectivity index (χ0) is 11.7. The van der Waals surface area contributed by atoms with E-state index in [2.05, 4.69) is 10.6 Å². The zero-order valence-corrected chi connectivity index (χ0v) is 10.3. The van der Waals surface area contributed by atoms with Crippen LogP contribution in [-0.2, 0) is 9.53 Å². The van der Waals surface area contributed by atoms with Crippen LogP contribution in [0.2, 0.25) is 0 Å². The van der Waals surface area contributed by atoms with Gasteiger partial charge in [-0.3, -0.25) is 4.79 Å². The van der Waals surface area contributed by atoms with Crippen LogP contribution in [0, 0.1) is 11.8 Å².